The summed E-state index contributed by atoms with van der Waals surface area (Å²) < 4.78 is 33.0. The van der Waals surface area contributed by atoms with E-state index in [1.165, 1.54) is 24.4 Å². The van der Waals surface area contributed by atoms with Crippen molar-refractivity contribution in [3.8, 4) is 5.75 Å². The number of hydrogen-bond acceptors (Lipinski definition) is 9. The second-order valence-electron chi connectivity index (χ2n) is 11.6. The van der Waals surface area contributed by atoms with Crippen molar-refractivity contribution in [3.05, 3.63) is 68.6 Å². The number of nitrogens with one attached hydrogen (secondary N) is 2. The van der Waals surface area contributed by atoms with Crippen molar-refractivity contribution in [3.63, 3.8) is 0 Å². The first-order valence-electron chi connectivity index (χ1n) is 14.4. The van der Waals surface area contributed by atoms with Gasteiger partial charge in [-0.05, 0) is 44.0 Å². The number of aliphatic hydroxyl groups excluding tert-OH is 1. The molecule has 1 atom stereocenters. The van der Waals surface area contributed by atoms with Crippen LogP contribution in [0.2, 0.25) is 10.0 Å². The summed E-state index contributed by atoms with van der Waals surface area (Å²) in [7, 11) is -3.91. The Morgan fingerprint density at radius 1 is 1.11 bits per heavy atom. The smallest absolute Gasteiger partial charge is 0.300 e. The molecule has 0 radical (unpaired) electrons. The summed E-state index contributed by atoms with van der Waals surface area (Å²) in [5, 5.41) is 31.9. The SMILES string of the molecule is CC(=O)O.CC1(O)CN(S(=O)(=O)c2ccc3c(C(=O)NC[C@@H](O)CN4CCC(Oc5ccc(Cl)c(Cl)c5)CC4)c[nH]c(=O)c3c2)C1. The van der Waals surface area contributed by atoms with Crippen LogP contribution in [0.3, 0.4) is 0 Å². The number of aromatic amines is 1. The largest absolute Gasteiger partial charge is 0.490 e. The topological polar surface area (TPSA) is 190 Å². The minimum Gasteiger partial charge on any atom is -0.490 e. The van der Waals surface area contributed by atoms with Crippen LogP contribution in [0.5, 0.6) is 5.75 Å². The number of benzene rings is 2. The molecule has 2 fully saturated rings. The first-order valence-corrected chi connectivity index (χ1v) is 16.6. The third-order valence-corrected chi connectivity index (χ3v) is 10.0. The van der Waals surface area contributed by atoms with Crippen molar-refractivity contribution in [2.75, 3.05) is 39.3 Å². The monoisotopic (exact) mass is 698 g/mol. The molecule has 5 rings (SSSR count). The summed E-state index contributed by atoms with van der Waals surface area (Å²) in [6.07, 6.45) is 1.97. The van der Waals surface area contributed by atoms with Gasteiger partial charge in [-0.15, -0.1) is 0 Å². The number of aliphatic carboxylic acids is 1. The van der Waals surface area contributed by atoms with Gasteiger partial charge in [0.1, 0.15) is 11.9 Å². The molecule has 1 amide bonds. The van der Waals surface area contributed by atoms with Gasteiger partial charge in [-0.1, -0.05) is 29.3 Å². The van der Waals surface area contributed by atoms with E-state index < -0.39 is 39.2 Å². The third-order valence-electron chi connectivity index (χ3n) is 7.49. The number of amides is 1. The number of sulfonamides is 1. The normalized spacial score (nSPS) is 17.8. The van der Waals surface area contributed by atoms with E-state index in [0.29, 0.717) is 35.4 Å². The van der Waals surface area contributed by atoms with E-state index in [1.807, 2.05) is 0 Å². The fraction of sp³-hybridized carbons (Fsp3) is 0.433. The molecule has 0 bridgehead atoms. The van der Waals surface area contributed by atoms with Crippen molar-refractivity contribution in [1.29, 1.82) is 0 Å². The zero-order valence-corrected chi connectivity index (χ0v) is 27.5. The number of carboxylic acid groups (broad SMARTS) is 1. The molecule has 5 N–H and O–H groups in total. The second-order valence-corrected chi connectivity index (χ2v) is 14.3. The molecule has 46 heavy (non-hydrogen) atoms. The van der Waals surface area contributed by atoms with Crippen molar-refractivity contribution >= 4 is 55.9 Å². The number of rotatable bonds is 9. The molecule has 3 aromatic rings. The predicted molar refractivity (Wildman–Crippen MR) is 172 cm³/mol. The maximum absolute atomic E-state index is 13.0. The van der Waals surface area contributed by atoms with Crippen LogP contribution in [0.25, 0.3) is 10.8 Å². The molecule has 2 saturated heterocycles. The number of ether oxygens (including phenoxy) is 1. The highest BCUT2D eigenvalue weighted by atomic mass is 35.5. The summed E-state index contributed by atoms with van der Waals surface area (Å²) in [6.45, 7) is 4.31. The molecule has 250 valence electrons. The number of aromatic nitrogens is 1. The summed E-state index contributed by atoms with van der Waals surface area (Å²) in [5.74, 6) is -0.693. The summed E-state index contributed by atoms with van der Waals surface area (Å²) in [4.78, 5) is 39.0. The maximum Gasteiger partial charge on any atom is 0.300 e. The van der Waals surface area contributed by atoms with E-state index >= 15 is 0 Å². The van der Waals surface area contributed by atoms with Gasteiger partial charge in [0.2, 0.25) is 10.0 Å². The van der Waals surface area contributed by atoms with Gasteiger partial charge in [0.15, 0.2) is 0 Å². The number of β-amino-alcohol motifs (C(OH)–C–C–N with tert-alkyl or cyclic N) is 2. The van der Waals surface area contributed by atoms with Crippen LogP contribution in [0.1, 0.15) is 37.0 Å². The Kier molecular flexibility index (Phi) is 11.4. The van der Waals surface area contributed by atoms with Gasteiger partial charge in [-0.25, -0.2) is 8.42 Å². The highest BCUT2D eigenvalue weighted by Crippen LogP contribution is 2.30. The Balaban J connectivity index is 0.00000113. The molecule has 3 heterocycles. The second kappa shape index (κ2) is 14.7. The first-order chi connectivity index (χ1) is 21.6. The minimum atomic E-state index is -3.91. The highest BCUT2D eigenvalue weighted by molar-refractivity contribution is 7.89. The van der Waals surface area contributed by atoms with E-state index in [9.17, 15) is 28.2 Å². The Bertz CT molecular complexity index is 1750. The number of carbonyl (C=O) groups excluding carboxylic acids is 1. The fourth-order valence-corrected chi connectivity index (χ4v) is 7.23. The zero-order valence-electron chi connectivity index (χ0n) is 25.2. The summed E-state index contributed by atoms with van der Waals surface area (Å²) in [5.41, 5.74) is -1.48. The summed E-state index contributed by atoms with van der Waals surface area (Å²) in [6, 6.07) is 9.15. The molecule has 13 nitrogen and oxygen atoms in total. The van der Waals surface area contributed by atoms with Crippen LogP contribution in [0, 0.1) is 0 Å². The van der Waals surface area contributed by atoms with Crippen molar-refractivity contribution < 1.29 is 38.1 Å². The number of H-pyrrole nitrogens is 1. The number of hydrogen-bond donors (Lipinski definition) is 5. The van der Waals surface area contributed by atoms with Crippen LogP contribution >= 0.6 is 23.2 Å². The van der Waals surface area contributed by atoms with E-state index in [-0.39, 0.29) is 47.0 Å². The van der Waals surface area contributed by atoms with E-state index in [2.05, 4.69) is 15.2 Å². The van der Waals surface area contributed by atoms with Crippen LogP contribution in [0.4, 0.5) is 0 Å². The number of likely N-dealkylation sites (tertiary alicyclic amines) is 1. The lowest BCUT2D eigenvalue weighted by Gasteiger charge is -2.42. The number of carbonyl (C=O) groups is 2. The van der Waals surface area contributed by atoms with Gasteiger partial charge < -0.3 is 35.3 Å². The van der Waals surface area contributed by atoms with Gasteiger partial charge in [0.05, 0.1) is 32.2 Å². The van der Waals surface area contributed by atoms with Crippen LogP contribution in [0.15, 0.2) is 52.3 Å². The standard InChI is InChI=1S/C28H32Cl2N4O7S.C2H4O2/c1-28(38)15-34(16-28)42(39,40)20-3-4-21-22(11-20)26(36)32-13-23(21)27(37)31-12-17(35)14-33-8-6-18(7-9-33)41-19-2-5-24(29)25(30)10-19;1-2(3)4/h2-5,10-11,13,17-18,35,38H,6-9,12,14-16H2,1H3,(H,31,37)(H,32,36);1H3,(H,3,4)/t17-;/m1./s1. The van der Waals surface area contributed by atoms with Gasteiger partial charge in [0, 0.05) is 69.2 Å². The third kappa shape index (κ3) is 8.97. The molecule has 0 spiro atoms. The zero-order chi connectivity index (χ0) is 33.8. The molecule has 16 heteroatoms. The van der Waals surface area contributed by atoms with E-state index in [1.54, 1.807) is 25.1 Å². The molecule has 2 aromatic carbocycles. The number of nitrogens with zero attached hydrogens (tertiary/aromatic N) is 2. The van der Waals surface area contributed by atoms with Gasteiger partial charge in [0.25, 0.3) is 17.4 Å². The van der Waals surface area contributed by atoms with E-state index in [0.717, 1.165) is 24.1 Å². The number of aliphatic hydroxyl groups is 2. The Morgan fingerprint density at radius 3 is 2.37 bits per heavy atom. The van der Waals surface area contributed by atoms with Gasteiger partial charge in [-0.3, -0.25) is 14.4 Å². The molecular formula is C30H36Cl2N4O9S. The van der Waals surface area contributed by atoms with Crippen LogP contribution < -0.4 is 15.6 Å². The lowest BCUT2D eigenvalue weighted by atomic mass is 10.0. The average Bonchev–Trinajstić information content (AvgIpc) is 2.97. The Hall–Kier alpha value is -3.24. The maximum atomic E-state index is 13.0. The number of pyridine rings is 1. The number of carboxylic acids is 1. The molecule has 0 unspecified atom stereocenters. The van der Waals surface area contributed by atoms with Crippen LogP contribution in [-0.2, 0) is 14.8 Å². The number of piperidine rings is 1. The fourth-order valence-electron chi connectivity index (χ4n) is 5.24. The van der Waals surface area contributed by atoms with Crippen molar-refractivity contribution in [2.24, 2.45) is 0 Å². The molecule has 0 saturated carbocycles. The Morgan fingerprint density at radius 2 is 1.76 bits per heavy atom. The number of halogens is 2. The lowest BCUT2D eigenvalue weighted by molar-refractivity contribution is -0.134. The predicted octanol–water partition coefficient (Wildman–Crippen LogP) is 2.32. The van der Waals surface area contributed by atoms with Crippen molar-refractivity contribution in [2.45, 2.75) is 49.4 Å². The molecule has 1 aromatic heterocycles. The average molecular weight is 700 g/mol. The molecule has 0 aliphatic carbocycles. The van der Waals surface area contributed by atoms with Gasteiger partial charge >= 0.3 is 0 Å². The molecular weight excluding hydrogens is 663 g/mol. The summed E-state index contributed by atoms with van der Waals surface area (Å²) >= 11 is 12.0. The minimum absolute atomic E-state index is 0.0134. The highest BCUT2D eigenvalue weighted by Gasteiger charge is 2.44. The van der Waals surface area contributed by atoms with E-state index in [4.69, 9.17) is 37.8 Å². The van der Waals surface area contributed by atoms with Crippen molar-refractivity contribution in [1.82, 2.24) is 19.5 Å². The Labute approximate surface area is 275 Å². The quantitative estimate of drug-likeness (QED) is 0.222. The van der Waals surface area contributed by atoms with Crippen LogP contribution in [-0.4, -0.2) is 107 Å². The molecule has 2 aliphatic rings. The number of fused-ring (bicyclic) bond motifs is 1. The molecule has 2 aliphatic heterocycles. The van der Waals surface area contributed by atoms with Gasteiger partial charge in [-0.2, -0.15) is 4.31 Å². The first kappa shape index (κ1) is 35.6. The lowest BCUT2D eigenvalue weighted by Crippen LogP contribution is -2.61.